The number of nitrogens with zero attached hydrogens (tertiary/aromatic N) is 3. The maximum absolute atomic E-state index is 11.1. The molecule has 1 aromatic heterocycles. The number of benzene rings is 2. The molecule has 6 heteroatoms. The van der Waals surface area contributed by atoms with E-state index >= 15 is 0 Å². The molecular formula is C18H15N3O3. The zero-order valence-electron chi connectivity index (χ0n) is 12.8. The number of fused-ring (bicyclic) bond motifs is 1. The minimum Gasteiger partial charge on any atom is -0.492 e. The zero-order chi connectivity index (χ0) is 16.5. The molecule has 2 aromatic carbocycles. The zero-order valence-corrected chi connectivity index (χ0v) is 12.8. The van der Waals surface area contributed by atoms with Crippen molar-refractivity contribution >= 4 is 5.97 Å². The number of para-hydroxylation sites is 1. The molecule has 0 amide bonds. The van der Waals surface area contributed by atoms with Crippen LogP contribution < -0.4 is 4.74 Å². The fourth-order valence-corrected chi connectivity index (χ4v) is 2.91. The van der Waals surface area contributed by atoms with Gasteiger partial charge in [-0.25, -0.2) is 9.48 Å². The highest BCUT2D eigenvalue weighted by Crippen LogP contribution is 2.35. The lowest BCUT2D eigenvalue weighted by Gasteiger charge is -2.04. The van der Waals surface area contributed by atoms with Crippen LogP contribution in [0.25, 0.3) is 11.3 Å². The Morgan fingerprint density at radius 1 is 1.25 bits per heavy atom. The summed E-state index contributed by atoms with van der Waals surface area (Å²) in [6.45, 7) is 1.16. The third kappa shape index (κ3) is 2.62. The second-order valence-electron chi connectivity index (χ2n) is 5.70. The van der Waals surface area contributed by atoms with Gasteiger partial charge in [-0.3, -0.25) is 0 Å². The van der Waals surface area contributed by atoms with Crippen molar-refractivity contribution in [2.24, 2.45) is 0 Å². The molecule has 0 spiro atoms. The number of aromatic nitrogens is 3. The Kier molecular flexibility index (Phi) is 3.49. The molecule has 4 rings (SSSR count). The van der Waals surface area contributed by atoms with Crippen LogP contribution in [-0.4, -0.2) is 32.7 Å². The normalized spacial score (nSPS) is 12.7. The standard InChI is InChI=1S/C18H15N3O3/c22-18(23)14-5-1-3-12(9-14)10-21-11-16(19-20-21)15-6-2-4-13-7-8-24-17(13)15/h1-6,9,11H,7-8,10H2,(H,22,23). The van der Waals surface area contributed by atoms with Gasteiger partial charge in [0.15, 0.2) is 0 Å². The van der Waals surface area contributed by atoms with Crippen LogP contribution in [-0.2, 0) is 13.0 Å². The van der Waals surface area contributed by atoms with Crippen LogP contribution in [0.3, 0.4) is 0 Å². The summed E-state index contributed by atoms with van der Waals surface area (Å²) in [7, 11) is 0. The van der Waals surface area contributed by atoms with Gasteiger partial charge in [-0.05, 0) is 29.3 Å². The summed E-state index contributed by atoms with van der Waals surface area (Å²) >= 11 is 0. The molecule has 1 aliphatic rings. The van der Waals surface area contributed by atoms with Crippen molar-refractivity contribution in [3.05, 3.63) is 65.4 Å². The predicted molar refractivity (Wildman–Crippen MR) is 87.2 cm³/mol. The first-order valence-electron chi connectivity index (χ1n) is 7.68. The highest BCUT2D eigenvalue weighted by atomic mass is 16.5. The van der Waals surface area contributed by atoms with Gasteiger partial charge in [-0.2, -0.15) is 0 Å². The molecule has 120 valence electrons. The van der Waals surface area contributed by atoms with Crippen LogP contribution in [0.5, 0.6) is 5.75 Å². The minimum absolute atomic E-state index is 0.266. The highest BCUT2D eigenvalue weighted by molar-refractivity contribution is 5.87. The number of carbonyl (C=O) groups is 1. The molecule has 0 saturated carbocycles. The number of carboxylic acid groups (broad SMARTS) is 1. The maximum Gasteiger partial charge on any atom is 0.335 e. The second-order valence-corrected chi connectivity index (χ2v) is 5.70. The molecule has 24 heavy (non-hydrogen) atoms. The number of hydrogen-bond donors (Lipinski definition) is 1. The topological polar surface area (TPSA) is 77.2 Å². The smallest absolute Gasteiger partial charge is 0.335 e. The van der Waals surface area contributed by atoms with E-state index in [1.807, 2.05) is 24.4 Å². The third-order valence-electron chi connectivity index (χ3n) is 4.05. The van der Waals surface area contributed by atoms with Crippen molar-refractivity contribution in [3.63, 3.8) is 0 Å². The van der Waals surface area contributed by atoms with Gasteiger partial charge in [0.2, 0.25) is 0 Å². The summed E-state index contributed by atoms with van der Waals surface area (Å²) < 4.78 is 7.41. The van der Waals surface area contributed by atoms with Crippen molar-refractivity contribution in [1.29, 1.82) is 0 Å². The van der Waals surface area contributed by atoms with Crippen molar-refractivity contribution < 1.29 is 14.6 Å². The summed E-state index contributed by atoms with van der Waals surface area (Å²) in [5.41, 5.74) is 4.01. The quantitative estimate of drug-likeness (QED) is 0.799. The molecular weight excluding hydrogens is 306 g/mol. The van der Waals surface area contributed by atoms with Gasteiger partial charge in [0.05, 0.1) is 24.9 Å². The maximum atomic E-state index is 11.1. The summed E-state index contributed by atoms with van der Waals surface area (Å²) in [4.78, 5) is 11.1. The minimum atomic E-state index is -0.937. The van der Waals surface area contributed by atoms with Gasteiger partial charge in [0, 0.05) is 12.0 Å². The number of hydrogen-bond acceptors (Lipinski definition) is 4. The van der Waals surface area contributed by atoms with Gasteiger partial charge in [0.1, 0.15) is 11.4 Å². The molecule has 0 fully saturated rings. The summed E-state index contributed by atoms with van der Waals surface area (Å²) in [6, 6.07) is 12.9. The number of ether oxygens (including phenoxy) is 1. The van der Waals surface area contributed by atoms with E-state index in [1.54, 1.807) is 22.9 Å². The van der Waals surface area contributed by atoms with Crippen LogP contribution in [0.2, 0.25) is 0 Å². The van der Waals surface area contributed by atoms with Gasteiger partial charge >= 0.3 is 5.97 Å². The molecule has 0 radical (unpaired) electrons. The molecule has 2 heterocycles. The summed E-state index contributed by atoms with van der Waals surface area (Å²) in [5.74, 6) is -0.0504. The van der Waals surface area contributed by atoms with Crippen LogP contribution >= 0.6 is 0 Å². The van der Waals surface area contributed by atoms with Crippen molar-refractivity contribution in [3.8, 4) is 17.0 Å². The summed E-state index contributed by atoms with van der Waals surface area (Å²) in [5, 5.41) is 17.5. The Bertz CT molecular complexity index is 917. The van der Waals surface area contributed by atoms with E-state index in [-0.39, 0.29) is 5.56 Å². The van der Waals surface area contributed by atoms with E-state index in [0.717, 1.165) is 29.0 Å². The third-order valence-corrected chi connectivity index (χ3v) is 4.05. The first-order chi connectivity index (χ1) is 11.7. The lowest BCUT2D eigenvalue weighted by atomic mass is 10.1. The molecule has 6 nitrogen and oxygen atoms in total. The average molecular weight is 321 g/mol. The summed E-state index contributed by atoms with van der Waals surface area (Å²) in [6.07, 6.45) is 2.77. The lowest BCUT2D eigenvalue weighted by Crippen LogP contribution is -2.03. The van der Waals surface area contributed by atoms with Crippen molar-refractivity contribution in [2.75, 3.05) is 6.61 Å². The van der Waals surface area contributed by atoms with Gasteiger partial charge in [-0.1, -0.05) is 29.5 Å². The number of rotatable bonds is 4. The van der Waals surface area contributed by atoms with E-state index < -0.39 is 5.97 Å². The molecule has 0 atom stereocenters. The number of carboxylic acids is 1. The van der Waals surface area contributed by atoms with E-state index in [2.05, 4.69) is 16.4 Å². The Balaban J connectivity index is 1.61. The van der Waals surface area contributed by atoms with Gasteiger partial charge < -0.3 is 9.84 Å². The van der Waals surface area contributed by atoms with Crippen molar-refractivity contribution in [1.82, 2.24) is 15.0 Å². The van der Waals surface area contributed by atoms with E-state index in [1.165, 1.54) is 5.56 Å². The van der Waals surface area contributed by atoms with Gasteiger partial charge in [-0.15, -0.1) is 5.10 Å². The average Bonchev–Trinajstić information content (AvgIpc) is 3.23. The van der Waals surface area contributed by atoms with E-state index in [9.17, 15) is 4.79 Å². The highest BCUT2D eigenvalue weighted by Gasteiger charge is 2.18. The molecule has 0 unspecified atom stereocenters. The van der Waals surface area contributed by atoms with Crippen LogP contribution in [0.15, 0.2) is 48.7 Å². The Labute approximate surface area is 138 Å². The lowest BCUT2D eigenvalue weighted by molar-refractivity contribution is 0.0696. The van der Waals surface area contributed by atoms with Gasteiger partial charge in [0.25, 0.3) is 0 Å². The molecule has 3 aromatic rings. The van der Waals surface area contributed by atoms with Crippen LogP contribution in [0.4, 0.5) is 0 Å². The van der Waals surface area contributed by atoms with E-state index in [4.69, 9.17) is 9.84 Å². The second kappa shape index (κ2) is 5.81. The fraction of sp³-hybridized carbons (Fsp3) is 0.167. The largest absolute Gasteiger partial charge is 0.492 e. The van der Waals surface area contributed by atoms with E-state index in [0.29, 0.717) is 13.2 Å². The molecule has 1 aliphatic heterocycles. The van der Waals surface area contributed by atoms with Crippen LogP contribution in [0, 0.1) is 0 Å². The molecule has 0 bridgehead atoms. The monoisotopic (exact) mass is 321 g/mol. The van der Waals surface area contributed by atoms with Crippen molar-refractivity contribution in [2.45, 2.75) is 13.0 Å². The molecule has 1 N–H and O–H groups in total. The number of aromatic carboxylic acids is 1. The fourth-order valence-electron chi connectivity index (χ4n) is 2.91. The molecule has 0 aliphatic carbocycles. The molecule has 0 saturated heterocycles. The first-order valence-corrected chi connectivity index (χ1v) is 7.68. The Morgan fingerprint density at radius 2 is 2.12 bits per heavy atom. The SMILES string of the molecule is O=C(O)c1cccc(Cn2cc(-c3cccc4c3OCC4)nn2)c1. The Hall–Kier alpha value is -3.15. The predicted octanol–water partition coefficient (Wildman–Crippen LogP) is 2.63. The first kappa shape index (κ1) is 14.4. The Morgan fingerprint density at radius 3 is 3.00 bits per heavy atom. The van der Waals surface area contributed by atoms with Crippen LogP contribution in [0.1, 0.15) is 21.5 Å².